The van der Waals surface area contributed by atoms with Crippen LogP contribution in [0.25, 0.3) is 22.4 Å². The summed E-state index contributed by atoms with van der Waals surface area (Å²) in [6.07, 6.45) is -3.08. The Bertz CT molecular complexity index is 988. The smallest absolute Gasteiger partial charge is 0.419 e. The fraction of sp³-hybridized carbons (Fsp3) is 0.167. The van der Waals surface area contributed by atoms with E-state index in [1.807, 2.05) is 0 Å². The van der Waals surface area contributed by atoms with Crippen LogP contribution in [0.4, 0.5) is 24.9 Å². The fourth-order valence-electron chi connectivity index (χ4n) is 2.78. The molecule has 2 heterocycles. The largest absolute Gasteiger partial charge is 0.496 e. The highest BCUT2D eigenvalue weighted by atomic mass is 19.4. The summed E-state index contributed by atoms with van der Waals surface area (Å²) in [5.41, 5.74) is 12.6. The second kappa shape index (κ2) is 6.75. The Morgan fingerprint density at radius 3 is 2.30 bits per heavy atom. The molecule has 0 aliphatic carbocycles. The number of nitrogens with zero attached hydrogens (tertiary/aromatic N) is 3. The van der Waals surface area contributed by atoms with Crippen molar-refractivity contribution < 1.29 is 17.9 Å². The number of alkyl halides is 3. The Morgan fingerprint density at radius 2 is 1.70 bits per heavy atom. The number of ether oxygens (including phenoxy) is 1. The molecular formula is C18H16F3N5O. The van der Waals surface area contributed by atoms with Gasteiger partial charge in [-0.25, -0.2) is 15.0 Å². The average molecular weight is 375 g/mol. The van der Waals surface area contributed by atoms with Gasteiger partial charge in [-0.3, -0.25) is 0 Å². The van der Waals surface area contributed by atoms with Gasteiger partial charge in [-0.1, -0.05) is 0 Å². The lowest BCUT2D eigenvalue weighted by Crippen LogP contribution is -2.08. The molecule has 0 fully saturated rings. The Balaban J connectivity index is 2.27. The molecule has 2 aromatic heterocycles. The van der Waals surface area contributed by atoms with Crippen LogP contribution in [-0.2, 0) is 6.18 Å². The Labute approximate surface area is 153 Å². The molecule has 0 aliphatic heterocycles. The molecule has 4 N–H and O–H groups in total. The van der Waals surface area contributed by atoms with Crippen molar-refractivity contribution in [2.75, 3.05) is 18.6 Å². The molecule has 0 radical (unpaired) electrons. The predicted molar refractivity (Wildman–Crippen MR) is 95.8 cm³/mol. The van der Waals surface area contributed by atoms with Gasteiger partial charge in [0, 0.05) is 22.9 Å². The Kier molecular flexibility index (Phi) is 4.61. The highest BCUT2D eigenvalue weighted by Gasteiger charge is 2.35. The fourth-order valence-corrected chi connectivity index (χ4v) is 2.78. The van der Waals surface area contributed by atoms with E-state index >= 15 is 0 Å². The van der Waals surface area contributed by atoms with Crippen molar-refractivity contribution in [3.05, 3.63) is 47.8 Å². The molecule has 0 atom stereocenters. The predicted octanol–water partition coefficient (Wildman–Crippen LogP) is 3.71. The Hall–Kier alpha value is -3.36. The van der Waals surface area contributed by atoms with E-state index < -0.39 is 11.7 Å². The van der Waals surface area contributed by atoms with Gasteiger partial charge in [0.05, 0.1) is 24.1 Å². The summed E-state index contributed by atoms with van der Waals surface area (Å²) < 4.78 is 45.0. The monoisotopic (exact) mass is 375 g/mol. The van der Waals surface area contributed by atoms with Gasteiger partial charge in [-0.15, -0.1) is 0 Å². The van der Waals surface area contributed by atoms with Crippen molar-refractivity contribution >= 4 is 11.8 Å². The number of aromatic nitrogens is 3. The van der Waals surface area contributed by atoms with Crippen LogP contribution in [0.1, 0.15) is 11.3 Å². The minimum atomic E-state index is -4.59. The molecule has 0 unspecified atom stereocenters. The molecule has 0 aliphatic rings. The van der Waals surface area contributed by atoms with E-state index in [-0.39, 0.29) is 23.0 Å². The maximum absolute atomic E-state index is 13.4. The van der Waals surface area contributed by atoms with Gasteiger partial charge in [0.1, 0.15) is 11.6 Å². The molecule has 0 saturated heterocycles. The normalized spacial score (nSPS) is 11.4. The van der Waals surface area contributed by atoms with Gasteiger partial charge >= 0.3 is 6.18 Å². The number of rotatable bonds is 3. The topological polar surface area (TPSA) is 99.9 Å². The highest BCUT2D eigenvalue weighted by molar-refractivity contribution is 5.83. The van der Waals surface area contributed by atoms with Gasteiger partial charge in [0.2, 0.25) is 5.95 Å². The number of hydrogen-bond donors (Lipinski definition) is 2. The molecule has 0 saturated carbocycles. The zero-order chi connectivity index (χ0) is 19.8. The minimum absolute atomic E-state index is 0.0426. The number of nitrogen functional groups attached to an aromatic ring is 2. The number of hydrogen-bond acceptors (Lipinski definition) is 6. The zero-order valence-corrected chi connectivity index (χ0v) is 14.5. The first-order valence-corrected chi connectivity index (χ1v) is 7.82. The van der Waals surface area contributed by atoms with Gasteiger partial charge in [0.15, 0.2) is 0 Å². The van der Waals surface area contributed by atoms with Crippen LogP contribution in [0.15, 0.2) is 36.5 Å². The maximum atomic E-state index is 13.4. The summed E-state index contributed by atoms with van der Waals surface area (Å²) in [6.45, 7) is 1.70. The third kappa shape index (κ3) is 3.62. The molecule has 3 aromatic rings. The first-order chi connectivity index (χ1) is 12.7. The summed E-state index contributed by atoms with van der Waals surface area (Å²) in [6, 6.07) is 7.00. The van der Waals surface area contributed by atoms with Crippen LogP contribution >= 0.6 is 0 Å². The number of nitrogens with two attached hydrogens (primary N) is 2. The van der Waals surface area contributed by atoms with Crippen molar-refractivity contribution in [1.82, 2.24) is 15.0 Å². The van der Waals surface area contributed by atoms with Crippen LogP contribution in [0.2, 0.25) is 0 Å². The highest BCUT2D eigenvalue weighted by Crippen LogP contribution is 2.40. The maximum Gasteiger partial charge on any atom is 0.419 e. The minimum Gasteiger partial charge on any atom is -0.496 e. The van der Waals surface area contributed by atoms with E-state index in [4.69, 9.17) is 16.2 Å². The standard InChI is InChI=1S/C18H16F3N5O/c1-9-15(11-4-6-14(22)24-8-11)16(26-17(23)25-9)10-3-5-13(27-2)12(7-10)18(19,20)21/h3-8H,1-2H3,(H2,22,24)(H2,23,25,26). The number of anilines is 2. The molecule has 6 nitrogen and oxygen atoms in total. The van der Waals surface area contributed by atoms with Crippen LogP contribution in [0.5, 0.6) is 5.75 Å². The van der Waals surface area contributed by atoms with Gasteiger partial charge in [0.25, 0.3) is 0 Å². The SMILES string of the molecule is COc1ccc(-c2nc(N)nc(C)c2-c2ccc(N)nc2)cc1C(F)(F)F. The van der Waals surface area contributed by atoms with E-state index in [9.17, 15) is 13.2 Å². The number of aryl methyl sites for hydroxylation is 1. The number of methoxy groups -OCH3 is 1. The third-order valence-corrected chi connectivity index (χ3v) is 3.96. The lowest BCUT2D eigenvalue weighted by Gasteiger charge is -2.16. The average Bonchev–Trinajstić information content (AvgIpc) is 2.61. The lowest BCUT2D eigenvalue weighted by atomic mass is 9.97. The van der Waals surface area contributed by atoms with Gasteiger partial charge < -0.3 is 16.2 Å². The van der Waals surface area contributed by atoms with Crippen molar-refractivity contribution in [2.24, 2.45) is 0 Å². The second-order valence-electron chi connectivity index (χ2n) is 5.78. The van der Waals surface area contributed by atoms with Crippen LogP contribution < -0.4 is 16.2 Å². The van der Waals surface area contributed by atoms with E-state index in [2.05, 4.69) is 15.0 Å². The second-order valence-corrected chi connectivity index (χ2v) is 5.78. The lowest BCUT2D eigenvalue weighted by molar-refractivity contribution is -0.138. The molecule has 9 heteroatoms. The molecule has 0 amide bonds. The number of pyridine rings is 1. The van der Waals surface area contributed by atoms with E-state index in [1.165, 1.54) is 25.4 Å². The molecule has 1 aromatic carbocycles. The summed E-state index contributed by atoms with van der Waals surface area (Å²) in [5.74, 6) is -0.00199. The van der Waals surface area contributed by atoms with Crippen LogP contribution in [-0.4, -0.2) is 22.1 Å². The van der Waals surface area contributed by atoms with Crippen molar-refractivity contribution in [3.63, 3.8) is 0 Å². The van der Waals surface area contributed by atoms with E-state index in [1.54, 1.807) is 19.1 Å². The van der Waals surface area contributed by atoms with Gasteiger partial charge in [-0.05, 0) is 37.3 Å². The third-order valence-electron chi connectivity index (χ3n) is 3.96. The molecule has 27 heavy (non-hydrogen) atoms. The van der Waals surface area contributed by atoms with Crippen LogP contribution in [0.3, 0.4) is 0 Å². The number of benzene rings is 1. The van der Waals surface area contributed by atoms with Crippen molar-refractivity contribution in [2.45, 2.75) is 13.1 Å². The Morgan fingerprint density at radius 1 is 1.00 bits per heavy atom. The molecule has 140 valence electrons. The zero-order valence-electron chi connectivity index (χ0n) is 14.5. The summed E-state index contributed by atoms with van der Waals surface area (Å²) in [5, 5.41) is 0. The summed E-state index contributed by atoms with van der Waals surface area (Å²) in [4.78, 5) is 12.3. The molecule has 0 bridgehead atoms. The summed E-state index contributed by atoms with van der Waals surface area (Å²) >= 11 is 0. The number of halogens is 3. The van der Waals surface area contributed by atoms with E-state index in [0.717, 1.165) is 6.07 Å². The molecular weight excluding hydrogens is 359 g/mol. The first kappa shape index (κ1) is 18.4. The quantitative estimate of drug-likeness (QED) is 0.724. The van der Waals surface area contributed by atoms with Gasteiger partial charge in [-0.2, -0.15) is 13.2 Å². The molecule has 3 rings (SSSR count). The van der Waals surface area contributed by atoms with Crippen molar-refractivity contribution in [3.8, 4) is 28.1 Å². The van der Waals surface area contributed by atoms with E-state index in [0.29, 0.717) is 22.6 Å². The summed E-state index contributed by atoms with van der Waals surface area (Å²) in [7, 11) is 1.18. The van der Waals surface area contributed by atoms with Crippen LogP contribution in [0, 0.1) is 6.92 Å². The first-order valence-electron chi connectivity index (χ1n) is 7.82. The molecule has 0 spiro atoms. The van der Waals surface area contributed by atoms with Crippen molar-refractivity contribution in [1.29, 1.82) is 0 Å².